The minimum absolute atomic E-state index is 0.132. The monoisotopic (exact) mass is 422 g/mol. The summed E-state index contributed by atoms with van der Waals surface area (Å²) in [6.07, 6.45) is 7.29. The molecule has 1 aliphatic carbocycles. The molecule has 0 saturated heterocycles. The summed E-state index contributed by atoms with van der Waals surface area (Å²) in [6.45, 7) is 7.19. The number of rotatable bonds is 3. The molecule has 0 amide bonds. The third-order valence-electron chi connectivity index (χ3n) is 7.25. The van der Waals surface area contributed by atoms with E-state index >= 15 is 0 Å². The first-order valence-electron chi connectivity index (χ1n) is 10.6. The van der Waals surface area contributed by atoms with Crippen molar-refractivity contribution >= 4 is 17.4 Å². The van der Waals surface area contributed by atoms with E-state index in [0.717, 1.165) is 47.6 Å². The summed E-state index contributed by atoms with van der Waals surface area (Å²) in [4.78, 5) is 5.76. The number of imidazole rings is 1. The molecule has 1 N–H and O–H groups in total. The number of aromatic nitrogens is 2. The third-order valence-corrected chi connectivity index (χ3v) is 8.49. The molecule has 3 nitrogen and oxygen atoms in total. The van der Waals surface area contributed by atoms with Gasteiger partial charge in [0.05, 0.1) is 23.3 Å². The Labute approximate surface area is 180 Å². The van der Waals surface area contributed by atoms with Crippen LogP contribution >= 0.6 is 11.3 Å². The van der Waals surface area contributed by atoms with Gasteiger partial charge in [-0.25, -0.2) is 9.37 Å². The quantitative estimate of drug-likeness (QED) is 0.548. The number of halogens is 1. The normalized spacial score (nSPS) is 25.2. The lowest BCUT2D eigenvalue weighted by atomic mass is 9.57. The van der Waals surface area contributed by atoms with E-state index in [4.69, 9.17) is 0 Å². The topological polar surface area (TPSA) is 38.1 Å². The number of fused-ring (bicyclic) bond motifs is 2. The molecule has 3 unspecified atom stereocenters. The highest BCUT2D eigenvalue weighted by Gasteiger charge is 2.51. The van der Waals surface area contributed by atoms with Crippen molar-refractivity contribution in [2.75, 3.05) is 0 Å². The second-order valence-electron chi connectivity index (χ2n) is 9.23. The van der Waals surface area contributed by atoms with Crippen LogP contribution in [0.25, 0.3) is 17.3 Å². The number of hydrogen-bond acceptors (Lipinski definition) is 3. The molecule has 0 bridgehead atoms. The number of allylic oxidation sites excluding steroid dienone is 1. The number of aryl methyl sites for hydroxylation is 1. The molecule has 0 spiro atoms. The van der Waals surface area contributed by atoms with Crippen molar-refractivity contribution in [3.8, 4) is 11.3 Å². The molecule has 30 heavy (non-hydrogen) atoms. The highest BCUT2D eigenvalue weighted by Crippen LogP contribution is 2.56. The summed E-state index contributed by atoms with van der Waals surface area (Å²) < 4.78 is 15.6. The molecule has 5 rings (SSSR count). The van der Waals surface area contributed by atoms with Gasteiger partial charge < -0.3 is 9.67 Å². The van der Waals surface area contributed by atoms with Crippen LogP contribution in [0, 0.1) is 24.1 Å². The van der Waals surface area contributed by atoms with Gasteiger partial charge in [-0.3, -0.25) is 0 Å². The third kappa shape index (κ3) is 2.90. The zero-order valence-electron chi connectivity index (χ0n) is 17.7. The minimum Gasteiger partial charge on any atom is -0.384 e. The summed E-state index contributed by atoms with van der Waals surface area (Å²) in [5.41, 5.74) is 4.47. The van der Waals surface area contributed by atoms with E-state index in [9.17, 15) is 9.50 Å². The maximum atomic E-state index is 13.4. The van der Waals surface area contributed by atoms with Gasteiger partial charge in [-0.15, -0.1) is 11.3 Å². The summed E-state index contributed by atoms with van der Waals surface area (Å²) in [5, 5.41) is 13.8. The number of benzene rings is 1. The van der Waals surface area contributed by atoms with E-state index in [-0.39, 0.29) is 17.2 Å². The van der Waals surface area contributed by atoms with Crippen LogP contribution in [-0.4, -0.2) is 14.7 Å². The first-order chi connectivity index (χ1) is 14.3. The van der Waals surface area contributed by atoms with E-state index in [2.05, 4.69) is 40.9 Å². The van der Waals surface area contributed by atoms with Crippen LogP contribution in [0.4, 0.5) is 4.39 Å². The zero-order chi connectivity index (χ0) is 21.1. The summed E-state index contributed by atoms with van der Waals surface area (Å²) >= 11 is 1.66. The summed E-state index contributed by atoms with van der Waals surface area (Å²) in [5.74, 6) is -0.105. The van der Waals surface area contributed by atoms with Gasteiger partial charge in [0.1, 0.15) is 5.82 Å². The van der Waals surface area contributed by atoms with Crippen molar-refractivity contribution in [3.05, 3.63) is 69.6 Å². The SMILES string of the molecule is Cc1ccsc1C(C)(O)C1CCCC2=Cc3c(-c4ccc(F)cc4)ncn3CC21C. The number of thiophene rings is 1. The lowest BCUT2D eigenvalue weighted by Gasteiger charge is -2.51. The average molecular weight is 423 g/mol. The molecule has 3 heterocycles. The highest BCUT2D eigenvalue weighted by atomic mass is 32.1. The zero-order valence-corrected chi connectivity index (χ0v) is 18.5. The lowest BCUT2D eigenvalue weighted by Crippen LogP contribution is -2.48. The maximum Gasteiger partial charge on any atom is 0.123 e. The van der Waals surface area contributed by atoms with Crippen LogP contribution in [0.15, 0.2) is 47.6 Å². The van der Waals surface area contributed by atoms with Crippen LogP contribution in [0.2, 0.25) is 0 Å². The van der Waals surface area contributed by atoms with Gasteiger partial charge in [-0.1, -0.05) is 12.5 Å². The Kier molecular flexibility index (Phi) is 4.53. The van der Waals surface area contributed by atoms with E-state index in [1.54, 1.807) is 23.5 Å². The van der Waals surface area contributed by atoms with E-state index in [1.807, 2.05) is 13.3 Å². The Morgan fingerprint density at radius 3 is 2.73 bits per heavy atom. The van der Waals surface area contributed by atoms with Crippen LogP contribution in [0.1, 0.15) is 49.2 Å². The second kappa shape index (κ2) is 6.89. The second-order valence-corrected chi connectivity index (χ2v) is 10.1. The van der Waals surface area contributed by atoms with Gasteiger partial charge in [-0.2, -0.15) is 0 Å². The highest BCUT2D eigenvalue weighted by molar-refractivity contribution is 7.10. The molecule has 1 fully saturated rings. The summed E-state index contributed by atoms with van der Waals surface area (Å²) in [6, 6.07) is 8.65. The Hall–Kier alpha value is -2.24. The molecule has 1 saturated carbocycles. The van der Waals surface area contributed by atoms with Crippen LogP contribution in [-0.2, 0) is 12.1 Å². The molecule has 5 heteroatoms. The number of hydrogen-bond donors (Lipinski definition) is 1. The van der Waals surface area contributed by atoms with Gasteiger partial charge in [-0.05, 0) is 80.5 Å². The van der Waals surface area contributed by atoms with Crippen molar-refractivity contribution in [3.63, 3.8) is 0 Å². The lowest BCUT2D eigenvalue weighted by molar-refractivity contribution is -0.0691. The molecule has 1 aliphatic heterocycles. The smallest absolute Gasteiger partial charge is 0.123 e. The molecule has 3 atom stereocenters. The first-order valence-corrected chi connectivity index (χ1v) is 11.5. The largest absolute Gasteiger partial charge is 0.384 e. The van der Waals surface area contributed by atoms with Crippen molar-refractivity contribution in [2.45, 2.75) is 52.2 Å². The Morgan fingerprint density at radius 1 is 1.27 bits per heavy atom. The molecular weight excluding hydrogens is 395 g/mol. The summed E-state index contributed by atoms with van der Waals surface area (Å²) in [7, 11) is 0. The molecule has 0 radical (unpaired) electrons. The number of nitrogens with zero attached hydrogens (tertiary/aromatic N) is 2. The molecule has 2 aromatic heterocycles. The first kappa shape index (κ1) is 19.7. The van der Waals surface area contributed by atoms with E-state index in [0.29, 0.717) is 0 Å². The van der Waals surface area contributed by atoms with Gasteiger partial charge in [0.2, 0.25) is 0 Å². The molecule has 1 aromatic carbocycles. The van der Waals surface area contributed by atoms with Gasteiger partial charge in [0.25, 0.3) is 0 Å². The van der Waals surface area contributed by atoms with Crippen LogP contribution in [0.5, 0.6) is 0 Å². The molecular formula is C25H27FN2OS. The maximum absolute atomic E-state index is 13.4. The van der Waals surface area contributed by atoms with Gasteiger partial charge in [0, 0.05) is 28.3 Å². The average Bonchev–Trinajstić information content (AvgIpc) is 3.32. The van der Waals surface area contributed by atoms with Gasteiger partial charge in [0.15, 0.2) is 0 Å². The van der Waals surface area contributed by atoms with Gasteiger partial charge >= 0.3 is 0 Å². The fourth-order valence-electron chi connectivity index (χ4n) is 5.74. The molecule has 156 valence electrons. The van der Waals surface area contributed by atoms with Crippen LogP contribution < -0.4 is 0 Å². The predicted molar refractivity (Wildman–Crippen MR) is 120 cm³/mol. The van der Waals surface area contributed by atoms with Crippen molar-refractivity contribution < 1.29 is 9.50 Å². The van der Waals surface area contributed by atoms with Crippen LogP contribution in [0.3, 0.4) is 0 Å². The molecule has 2 aliphatic rings. The van der Waals surface area contributed by atoms with Crippen molar-refractivity contribution in [2.24, 2.45) is 11.3 Å². The number of aliphatic hydroxyl groups is 1. The van der Waals surface area contributed by atoms with Crippen molar-refractivity contribution in [1.82, 2.24) is 9.55 Å². The van der Waals surface area contributed by atoms with Crippen molar-refractivity contribution in [1.29, 1.82) is 0 Å². The fourth-order valence-corrected chi connectivity index (χ4v) is 6.79. The predicted octanol–water partition coefficient (Wildman–Crippen LogP) is 6.17. The standard InChI is InChI=1S/C25H27FN2OS/c1-16-11-12-30-23(16)25(3,29)21-6-4-5-18-13-20-22(17-7-9-19(26)10-8-17)27-15-28(20)14-24(18,21)2/h7-13,15,21,29H,4-6,14H2,1-3H3. The minimum atomic E-state index is -0.871. The van der Waals surface area contributed by atoms with E-state index in [1.165, 1.54) is 23.3 Å². The Balaban J connectivity index is 1.57. The molecule has 3 aromatic rings. The van der Waals surface area contributed by atoms with E-state index < -0.39 is 5.60 Å². The Morgan fingerprint density at radius 2 is 2.03 bits per heavy atom. The Bertz CT molecular complexity index is 1120. The fraction of sp³-hybridized carbons (Fsp3) is 0.400.